The molecule has 3 rings (SSSR count). The Kier molecular flexibility index (Phi) is 5.62. The molecule has 1 N–H and O–H groups in total. The highest BCUT2D eigenvalue weighted by atomic mass is 16.5. The molecule has 0 radical (unpaired) electrons. The number of carbonyl (C=O) groups excluding carboxylic acids is 2. The van der Waals surface area contributed by atoms with E-state index in [2.05, 4.69) is 10.3 Å². The van der Waals surface area contributed by atoms with Crippen molar-refractivity contribution < 1.29 is 23.8 Å². The number of esters is 1. The van der Waals surface area contributed by atoms with Crippen LogP contribution in [-0.4, -0.2) is 53.8 Å². The number of hydrogen-bond donors (Lipinski definition) is 1. The van der Waals surface area contributed by atoms with Gasteiger partial charge in [-0.1, -0.05) is 6.07 Å². The van der Waals surface area contributed by atoms with Gasteiger partial charge in [-0.3, -0.25) is 9.20 Å². The maximum absolute atomic E-state index is 12.2. The van der Waals surface area contributed by atoms with E-state index in [1.165, 1.54) is 0 Å². The number of aromatic nitrogens is 2. The van der Waals surface area contributed by atoms with Gasteiger partial charge in [0.2, 0.25) is 0 Å². The van der Waals surface area contributed by atoms with Gasteiger partial charge in [0.05, 0.1) is 19.3 Å². The molecule has 8 nitrogen and oxygen atoms in total. The molecule has 0 aromatic carbocycles. The predicted molar refractivity (Wildman–Crippen MR) is 89.6 cm³/mol. The van der Waals surface area contributed by atoms with Crippen molar-refractivity contribution in [3.8, 4) is 0 Å². The van der Waals surface area contributed by atoms with Crippen LogP contribution in [0.1, 0.15) is 30.3 Å². The zero-order chi connectivity index (χ0) is 17.6. The standard InChI is InChI=1S/C17H21N3O5/c1-2-24-17(22)15-16(20-8-4-3-7-13(20)18-15)19-14(21)11-23-10-12-6-5-9-25-12/h3-4,7-8,12H,2,5-6,9-11H2,1H3,(H,19,21). The van der Waals surface area contributed by atoms with E-state index < -0.39 is 5.97 Å². The van der Waals surface area contributed by atoms with Gasteiger partial charge in [0.15, 0.2) is 11.5 Å². The molecule has 1 unspecified atom stereocenters. The molecule has 134 valence electrons. The summed E-state index contributed by atoms with van der Waals surface area (Å²) < 4.78 is 17.5. The molecule has 2 aromatic rings. The molecule has 1 aliphatic heterocycles. The molecule has 0 spiro atoms. The summed E-state index contributed by atoms with van der Waals surface area (Å²) in [6.07, 6.45) is 3.74. The summed E-state index contributed by atoms with van der Waals surface area (Å²) in [5.74, 6) is -0.671. The first-order chi connectivity index (χ1) is 12.2. The van der Waals surface area contributed by atoms with Crippen molar-refractivity contribution in [1.82, 2.24) is 9.38 Å². The van der Waals surface area contributed by atoms with E-state index in [0.717, 1.165) is 19.4 Å². The van der Waals surface area contributed by atoms with Crippen LogP contribution in [0.2, 0.25) is 0 Å². The molecule has 1 atom stereocenters. The summed E-state index contributed by atoms with van der Waals surface area (Å²) in [5.41, 5.74) is 0.613. The van der Waals surface area contributed by atoms with Crippen molar-refractivity contribution in [2.45, 2.75) is 25.9 Å². The minimum absolute atomic E-state index is 0.0543. The summed E-state index contributed by atoms with van der Waals surface area (Å²) in [5, 5.41) is 2.69. The van der Waals surface area contributed by atoms with Crippen LogP contribution >= 0.6 is 0 Å². The van der Waals surface area contributed by atoms with Crippen molar-refractivity contribution in [3.63, 3.8) is 0 Å². The van der Waals surface area contributed by atoms with Crippen LogP contribution in [0.4, 0.5) is 5.82 Å². The summed E-state index contributed by atoms with van der Waals surface area (Å²) in [4.78, 5) is 28.5. The number of imidazole rings is 1. The lowest BCUT2D eigenvalue weighted by atomic mass is 10.2. The molecule has 8 heteroatoms. The lowest BCUT2D eigenvalue weighted by Gasteiger charge is -2.11. The monoisotopic (exact) mass is 347 g/mol. The van der Waals surface area contributed by atoms with E-state index in [-0.39, 0.29) is 36.7 Å². The number of nitrogens with zero attached hydrogens (tertiary/aromatic N) is 2. The first kappa shape index (κ1) is 17.4. The van der Waals surface area contributed by atoms with E-state index in [1.807, 2.05) is 0 Å². The van der Waals surface area contributed by atoms with E-state index in [1.54, 1.807) is 35.7 Å². The van der Waals surface area contributed by atoms with Crippen molar-refractivity contribution in [3.05, 3.63) is 30.1 Å². The maximum Gasteiger partial charge on any atom is 0.360 e. The number of amides is 1. The van der Waals surface area contributed by atoms with Gasteiger partial charge in [-0.05, 0) is 31.9 Å². The second-order valence-electron chi connectivity index (χ2n) is 5.66. The van der Waals surface area contributed by atoms with Crippen molar-refractivity contribution in [2.24, 2.45) is 0 Å². The molecule has 25 heavy (non-hydrogen) atoms. The van der Waals surface area contributed by atoms with Gasteiger partial charge in [0.25, 0.3) is 5.91 Å². The third kappa shape index (κ3) is 4.15. The molecule has 0 aliphatic carbocycles. The fourth-order valence-corrected chi connectivity index (χ4v) is 2.68. The molecular formula is C17H21N3O5. The third-order valence-electron chi connectivity index (χ3n) is 3.82. The van der Waals surface area contributed by atoms with E-state index >= 15 is 0 Å². The lowest BCUT2D eigenvalue weighted by molar-refractivity contribution is -0.121. The van der Waals surface area contributed by atoms with Crippen LogP contribution in [0.25, 0.3) is 5.65 Å². The molecule has 1 saturated heterocycles. The number of ether oxygens (including phenoxy) is 3. The number of fused-ring (bicyclic) bond motifs is 1. The van der Waals surface area contributed by atoms with Crippen LogP contribution in [0.5, 0.6) is 0 Å². The Bertz CT molecular complexity index is 752. The first-order valence-corrected chi connectivity index (χ1v) is 8.32. The number of pyridine rings is 1. The van der Waals surface area contributed by atoms with Gasteiger partial charge in [-0.15, -0.1) is 0 Å². The average molecular weight is 347 g/mol. The predicted octanol–water partition coefficient (Wildman–Crippen LogP) is 1.65. The SMILES string of the molecule is CCOC(=O)c1nc2ccccn2c1NC(=O)COCC1CCCO1. The Morgan fingerprint density at radius 3 is 3.08 bits per heavy atom. The molecular weight excluding hydrogens is 326 g/mol. The zero-order valence-corrected chi connectivity index (χ0v) is 14.1. The van der Waals surface area contributed by atoms with Crippen LogP contribution in [0.3, 0.4) is 0 Å². The van der Waals surface area contributed by atoms with E-state index in [9.17, 15) is 9.59 Å². The highest BCUT2D eigenvalue weighted by Crippen LogP contribution is 2.19. The van der Waals surface area contributed by atoms with Gasteiger partial charge in [-0.2, -0.15) is 0 Å². The minimum Gasteiger partial charge on any atom is -0.461 e. The summed E-state index contributed by atoms with van der Waals surface area (Å²) in [7, 11) is 0. The molecule has 1 amide bonds. The molecule has 1 fully saturated rings. The fourth-order valence-electron chi connectivity index (χ4n) is 2.68. The molecule has 0 saturated carbocycles. The van der Waals surface area contributed by atoms with Crippen molar-refractivity contribution in [1.29, 1.82) is 0 Å². The smallest absolute Gasteiger partial charge is 0.360 e. The van der Waals surface area contributed by atoms with Gasteiger partial charge < -0.3 is 19.5 Å². The third-order valence-corrected chi connectivity index (χ3v) is 3.82. The molecule has 0 bridgehead atoms. The summed E-state index contributed by atoms with van der Waals surface area (Å²) >= 11 is 0. The van der Waals surface area contributed by atoms with Crippen molar-refractivity contribution >= 4 is 23.3 Å². The Morgan fingerprint density at radius 2 is 2.32 bits per heavy atom. The number of nitrogens with one attached hydrogen (secondary N) is 1. The molecule has 2 aromatic heterocycles. The Hall–Kier alpha value is -2.45. The van der Waals surface area contributed by atoms with Gasteiger partial charge in [0.1, 0.15) is 12.3 Å². The zero-order valence-electron chi connectivity index (χ0n) is 14.1. The second-order valence-corrected chi connectivity index (χ2v) is 5.66. The quantitative estimate of drug-likeness (QED) is 0.766. The van der Waals surface area contributed by atoms with Gasteiger partial charge in [-0.25, -0.2) is 9.78 Å². The largest absolute Gasteiger partial charge is 0.461 e. The lowest BCUT2D eigenvalue weighted by Crippen LogP contribution is -2.24. The first-order valence-electron chi connectivity index (χ1n) is 8.32. The number of hydrogen-bond acceptors (Lipinski definition) is 6. The number of rotatable bonds is 7. The van der Waals surface area contributed by atoms with Crippen LogP contribution in [0, 0.1) is 0 Å². The Morgan fingerprint density at radius 1 is 1.44 bits per heavy atom. The van der Waals surface area contributed by atoms with E-state index in [0.29, 0.717) is 12.3 Å². The van der Waals surface area contributed by atoms with Gasteiger partial charge in [0, 0.05) is 12.8 Å². The van der Waals surface area contributed by atoms with Crippen molar-refractivity contribution in [2.75, 3.05) is 31.7 Å². The molecule has 1 aliphatic rings. The Labute approximate surface area is 145 Å². The normalized spacial score (nSPS) is 16.9. The topological polar surface area (TPSA) is 91.2 Å². The maximum atomic E-state index is 12.2. The number of carbonyl (C=O) groups is 2. The molecule has 3 heterocycles. The highest BCUT2D eigenvalue weighted by Gasteiger charge is 2.22. The van der Waals surface area contributed by atoms with Crippen LogP contribution in [-0.2, 0) is 19.0 Å². The second kappa shape index (κ2) is 8.09. The van der Waals surface area contributed by atoms with Crippen LogP contribution < -0.4 is 5.32 Å². The minimum atomic E-state index is -0.582. The van der Waals surface area contributed by atoms with E-state index in [4.69, 9.17) is 14.2 Å². The Balaban J connectivity index is 1.69. The number of anilines is 1. The summed E-state index contributed by atoms with van der Waals surface area (Å²) in [6, 6.07) is 5.33. The average Bonchev–Trinajstić information content (AvgIpc) is 3.23. The fraction of sp³-hybridized carbons (Fsp3) is 0.471. The highest BCUT2D eigenvalue weighted by molar-refractivity contribution is 6.00. The van der Waals surface area contributed by atoms with Gasteiger partial charge >= 0.3 is 5.97 Å². The summed E-state index contributed by atoms with van der Waals surface area (Å²) in [6.45, 7) is 2.94. The van der Waals surface area contributed by atoms with Crippen LogP contribution in [0.15, 0.2) is 24.4 Å².